The number of hydrogen-bond donors (Lipinski definition) is 1. The third-order valence-corrected chi connectivity index (χ3v) is 1.83. The Balaban J connectivity index is 4.89. The van der Waals surface area contributed by atoms with Gasteiger partial charge in [0.2, 0.25) is 5.88 Å². The monoisotopic (exact) mass is 264 g/mol. The van der Waals surface area contributed by atoms with Crippen LogP contribution < -0.4 is 5.73 Å². The lowest BCUT2D eigenvalue weighted by Gasteiger charge is -2.21. The van der Waals surface area contributed by atoms with E-state index >= 15 is 0 Å². The quantitative estimate of drug-likeness (QED) is 0.322. The number of nitrogens with two attached hydrogens (primary N) is 1. The minimum Gasteiger partial charge on any atom is -0.479 e. The van der Waals surface area contributed by atoms with E-state index < -0.39 is 12.0 Å². The summed E-state index contributed by atoms with van der Waals surface area (Å²) in [4.78, 5) is 23.5. The number of amides is 2. The number of ether oxygens (including phenoxy) is 2. The SMILES string of the molecule is CCOC(=O)C=C(OCC)N(CCCl)C(N)=O. The van der Waals surface area contributed by atoms with Gasteiger partial charge in [-0.3, -0.25) is 4.90 Å². The largest absolute Gasteiger partial charge is 0.479 e. The van der Waals surface area contributed by atoms with Crippen LogP contribution in [0.5, 0.6) is 0 Å². The number of alkyl halides is 1. The van der Waals surface area contributed by atoms with Gasteiger partial charge < -0.3 is 15.2 Å². The van der Waals surface area contributed by atoms with Gasteiger partial charge in [0.05, 0.1) is 19.3 Å². The number of urea groups is 1. The third-order valence-electron chi connectivity index (χ3n) is 1.66. The molecule has 0 atom stereocenters. The molecule has 0 aromatic heterocycles. The molecule has 2 N–H and O–H groups in total. The topological polar surface area (TPSA) is 81.9 Å². The molecule has 0 aromatic rings. The molecule has 0 radical (unpaired) electrons. The Morgan fingerprint density at radius 1 is 1.29 bits per heavy atom. The average Bonchev–Trinajstić information content (AvgIpc) is 2.25. The molecule has 0 aliphatic heterocycles. The maximum atomic E-state index is 11.3. The highest BCUT2D eigenvalue weighted by atomic mass is 35.5. The van der Waals surface area contributed by atoms with Crippen molar-refractivity contribution in [2.75, 3.05) is 25.6 Å². The molecule has 98 valence electrons. The first-order valence-electron chi connectivity index (χ1n) is 5.20. The van der Waals surface area contributed by atoms with E-state index in [2.05, 4.69) is 0 Å². The molecular formula is C10H17ClN2O4. The van der Waals surface area contributed by atoms with Crippen LogP contribution in [-0.4, -0.2) is 42.5 Å². The lowest BCUT2D eigenvalue weighted by atomic mass is 10.5. The van der Waals surface area contributed by atoms with E-state index in [1.807, 2.05) is 0 Å². The molecule has 0 heterocycles. The van der Waals surface area contributed by atoms with E-state index in [0.717, 1.165) is 11.0 Å². The molecule has 0 unspecified atom stereocenters. The standard InChI is InChI=1S/C10H17ClN2O4/c1-3-16-8(7-9(14)17-4-2)13(6-5-11)10(12)15/h7H,3-6H2,1-2H3,(H2,12,15). The minimum atomic E-state index is -0.741. The number of carbonyl (C=O) groups excluding carboxylic acids is 2. The van der Waals surface area contributed by atoms with Crippen LogP contribution in [0.4, 0.5) is 4.79 Å². The summed E-state index contributed by atoms with van der Waals surface area (Å²) in [6.45, 7) is 4.08. The highest BCUT2D eigenvalue weighted by Crippen LogP contribution is 2.07. The molecule has 0 fully saturated rings. The maximum Gasteiger partial charge on any atom is 0.336 e. The molecule has 0 bridgehead atoms. The number of primary amides is 1. The van der Waals surface area contributed by atoms with Gasteiger partial charge in [-0.15, -0.1) is 11.6 Å². The number of carbonyl (C=O) groups is 2. The molecule has 0 aliphatic rings. The van der Waals surface area contributed by atoms with E-state index in [4.69, 9.17) is 26.8 Å². The van der Waals surface area contributed by atoms with Crippen LogP contribution in [-0.2, 0) is 14.3 Å². The fraction of sp³-hybridized carbons (Fsp3) is 0.600. The molecule has 0 rings (SSSR count). The summed E-state index contributed by atoms with van der Waals surface area (Å²) in [6.07, 6.45) is 1.07. The summed E-state index contributed by atoms with van der Waals surface area (Å²) in [5, 5.41) is 0. The van der Waals surface area contributed by atoms with Gasteiger partial charge in [0.1, 0.15) is 0 Å². The van der Waals surface area contributed by atoms with Crippen molar-refractivity contribution in [1.82, 2.24) is 4.90 Å². The third kappa shape index (κ3) is 6.01. The lowest BCUT2D eigenvalue weighted by Crippen LogP contribution is -2.37. The van der Waals surface area contributed by atoms with Crippen LogP contribution in [0.25, 0.3) is 0 Å². The van der Waals surface area contributed by atoms with Crippen molar-refractivity contribution in [2.45, 2.75) is 13.8 Å². The molecule has 0 saturated heterocycles. The zero-order valence-corrected chi connectivity index (χ0v) is 10.7. The molecule has 0 aliphatic carbocycles. The Labute approximate surface area is 105 Å². The molecule has 7 heteroatoms. The summed E-state index contributed by atoms with van der Waals surface area (Å²) < 4.78 is 9.88. The fourth-order valence-electron chi connectivity index (χ4n) is 1.04. The second-order valence-corrected chi connectivity index (χ2v) is 3.22. The van der Waals surface area contributed by atoms with Gasteiger partial charge in [-0.1, -0.05) is 0 Å². The van der Waals surface area contributed by atoms with E-state index in [0.29, 0.717) is 0 Å². The first kappa shape index (κ1) is 15.6. The number of hydrogen-bond acceptors (Lipinski definition) is 4. The van der Waals surface area contributed by atoms with Gasteiger partial charge in [-0.25, -0.2) is 9.59 Å². The van der Waals surface area contributed by atoms with Crippen molar-refractivity contribution >= 4 is 23.6 Å². The Kier molecular flexibility index (Phi) is 7.96. The zero-order valence-electron chi connectivity index (χ0n) is 9.94. The fourth-order valence-corrected chi connectivity index (χ4v) is 1.21. The van der Waals surface area contributed by atoms with Gasteiger partial charge in [-0.2, -0.15) is 0 Å². The zero-order chi connectivity index (χ0) is 13.3. The predicted octanol–water partition coefficient (Wildman–Crippen LogP) is 1.05. The molecule has 2 amide bonds. The van der Waals surface area contributed by atoms with E-state index in [-0.39, 0.29) is 31.5 Å². The van der Waals surface area contributed by atoms with Crippen LogP contribution in [0.3, 0.4) is 0 Å². The minimum absolute atomic E-state index is 0.0408. The Morgan fingerprint density at radius 2 is 1.88 bits per heavy atom. The van der Waals surface area contributed by atoms with Gasteiger partial charge in [0, 0.05) is 12.4 Å². The second kappa shape index (κ2) is 8.69. The van der Waals surface area contributed by atoms with E-state index in [9.17, 15) is 9.59 Å². The Hall–Kier alpha value is -1.43. The van der Waals surface area contributed by atoms with Crippen molar-refractivity contribution in [2.24, 2.45) is 5.73 Å². The van der Waals surface area contributed by atoms with Crippen LogP contribution in [0.1, 0.15) is 13.8 Å². The highest BCUT2D eigenvalue weighted by Gasteiger charge is 2.17. The molecule has 6 nitrogen and oxygen atoms in total. The summed E-state index contributed by atoms with van der Waals surface area (Å²) in [5.41, 5.74) is 5.16. The van der Waals surface area contributed by atoms with Crippen molar-refractivity contribution in [3.63, 3.8) is 0 Å². The summed E-state index contributed by atoms with van der Waals surface area (Å²) in [7, 11) is 0. The van der Waals surface area contributed by atoms with Gasteiger partial charge in [-0.05, 0) is 13.8 Å². The van der Waals surface area contributed by atoms with Gasteiger partial charge in [0.25, 0.3) is 0 Å². The van der Waals surface area contributed by atoms with Gasteiger partial charge >= 0.3 is 12.0 Å². The number of rotatable bonds is 7. The average molecular weight is 265 g/mol. The number of nitrogens with zero attached hydrogens (tertiary/aromatic N) is 1. The van der Waals surface area contributed by atoms with Crippen LogP contribution in [0.15, 0.2) is 12.0 Å². The summed E-state index contributed by atoms with van der Waals surface area (Å²) in [5.74, 6) is -0.383. The van der Waals surface area contributed by atoms with Crippen molar-refractivity contribution < 1.29 is 19.1 Å². The lowest BCUT2D eigenvalue weighted by molar-refractivity contribution is -0.137. The molecular weight excluding hydrogens is 248 g/mol. The maximum absolute atomic E-state index is 11.3. The van der Waals surface area contributed by atoms with Crippen molar-refractivity contribution in [3.05, 3.63) is 12.0 Å². The molecule has 0 spiro atoms. The van der Waals surface area contributed by atoms with Crippen molar-refractivity contribution in [1.29, 1.82) is 0 Å². The summed E-state index contributed by atoms with van der Waals surface area (Å²) >= 11 is 5.53. The van der Waals surface area contributed by atoms with E-state index in [1.54, 1.807) is 13.8 Å². The second-order valence-electron chi connectivity index (χ2n) is 2.85. The molecule has 17 heavy (non-hydrogen) atoms. The summed E-state index contributed by atoms with van der Waals surface area (Å²) in [6, 6.07) is -0.741. The van der Waals surface area contributed by atoms with E-state index in [1.165, 1.54) is 0 Å². The van der Waals surface area contributed by atoms with Crippen molar-refractivity contribution in [3.8, 4) is 0 Å². The van der Waals surface area contributed by atoms with Crippen LogP contribution in [0, 0.1) is 0 Å². The molecule has 0 aromatic carbocycles. The number of esters is 1. The first-order valence-corrected chi connectivity index (χ1v) is 5.74. The van der Waals surface area contributed by atoms with Gasteiger partial charge in [0.15, 0.2) is 0 Å². The predicted molar refractivity (Wildman–Crippen MR) is 63.4 cm³/mol. The first-order chi connectivity index (χ1) is 8.06. The number of halogens is 1. The molecule has 0 saturated carbocycles. The normalized spacial score (nSPS) is 10.9. The van der Waals surface area contributed by atoms with Crippen LogP contribution in [0.2, 0.25) is 0 Å². The highest BCUT2D eigenvalue weighted by molar-refractivity contribution is 6.18. The van der Waals surface area contributed by atoms with Crippen LogP contribution >= 0.6 is 11.6 Å². The smallest absolute Gasteiger partial charge is 0.336 e. The Morgan fingerprint density at radius 3 is 2.29 bits per heavy atom. The Bertz CT molecular complexity index is 294.